The van der Waals surface area contributed by atoms with Crippen LogP contribution in [0.5, 0.6) is 0 Å². The predicted octanol–water partition coefficient (Wildman–Crippen LogP) is 4.19. The lowest BCUT2D eigenvalue weighted by molar-refractivity contribution is 0.102. The second kappa shape index (κ2) is 7.17. The lowest BCUT2D eigenvalue weighted by Crippen LogP contribution is -2.12. The molecule has 0 saturated heterocycles. The van der Waals surface area contributed by atoms with E-state index < -0.39 is 0 Å². The van der Waals surface area contributed by atoms with Gasteiger partial charge in [0.15, 0.2) is 5.82 Å². The van der Waals surface area contributed by atoms with Crippen LogP contribution in [0.1, 0.15) is 29.4 Å². The van der Waals surface area contributed by atoms with Crippen LogP contribution in [0.25, 0.3) is 22.0 Å². The number of anilines is 1. The van der Waals surface area contributed by atoms with E-state index in [1.54, 1.807) is 23.6 Å². The Labute approximate surface area is 169 Å². The molecule has 1 fully saturated rings. The third kappa shape index (κ3) is 3.64. The normalized spacial score (nSPS) is 13.4. The van der Waals surface area contributed by atoms with Crippen LogP contribution in [0.15, 0.2) is 53.9 Å². The standard InChI is InChI=1S/C20H15FN6OS/c21-14-6-4-12(5-7-14)20-23-17(11-29-20)19(28)22-15-3-1-2-13(10-15)18-24-25-26-27(18)16-8-9-16/h1-7,10-11,16H,8-9H2,(H,22,28). The molecule has 7 nitrogen and oxygen atoms in total. The Morgan fingerprint density at radius 1 is 1.14 bits per heavy atom. The zero-order valence-electron chi connectivity index (χ0n) is 15.1. The van der Waals surface area contributed by atoms with E-state index in [-0.39, 0.29) is 11.7 Å². The maximum absolute atomic E-state index is 13.1. The number of aromatic nitrogens is 5. The number of benzene rings is 2. The molecule has 1 saturated carbocycles. The largest absolute Gasteiger partial charge is 0.321 e. The summed E-state index contributed by atoms with van der Waals surface area (Å²) in [5.74, 6) is 0.0697. The molecule has 0 spiro atoms. The molecule has 0 unspecified atom stereocenters. The molecule has 4 aromatic rings. The van der Waals surface area contributed by atoms with Gasteiger partial charge in [0.2, 0.25) is 0 Å². The van der Waals surface area contributed by atoms with E-state index in [1.807, 2.05) is 22.9 Å². The van der Waals surface area contributed by atoms with Gasteiger partial charge in [-0.3, -0.25) is 4.79 Å². The van der Waals surface area contributed by atoms with Gasteiger partial charge in [-0.1, -0.05) is 12.1 Å². The maximum Gasteiger partial charge on any atom is 0.275 e. The minimum absolute atomic E-state index is 0.308. The maximum atomic E-state index is 13.1. The van der Waals surface area contributed by atoms with E-state index in [0.29, 0.717) is 28.3 Å². The summed E-state index contributed by atoms with van der Waals surface area (Å²) in [5.41, 5.74) is 2.55. The number of thiazole rings is 1. The molecule has 2 aromatic heterocycles. The van der Waals surface area contributed by atoms with Crippen LogP contribution in [0.3, 0.4) is 0 Å². The predicted molar refractivity (Wildman–Crippen MR) is 107 cm³/mol. The topological polar surface area (TPSA) is 85.6 Å². The van der Waals surface area contributed by atoms with Crippen molar-refractivity contribution in [3.8, 4) is 22.0 Å². The van der Waals surface area contributed by atoms with Crippen molar-refractivity contribution in [2.75, 3.05) is 5.32 Å². The Hall–Kier alpha value is -3.46. The number of nitrogens with zero attached hydrogens (tertiary/aromatic N) is 5. The van der Waals surface area contributed by atoms with Crippen molar-refractivity contribution in [3.05, 3.63) is 65.4 Å². The quantitative estimate of drug-likeness (QED) is 0.537. The molecular weight excluding hydrogens is 391 g/mol. The molecule has 1 aliphatic rings. The minimum atomic E-state index is -0.312. The van der Waals surface area contributed by atoms with Gasteiger partial charge in [-0.05, 0) is 59.7 Å². The van der Waals surface area contributed by atoms with E-state index in [4.69, 9.17) is 0 Å². The van der Waals surface area contributed by atoms with Crippen LogP contribution in [-0.4, -0.2) is 31.1 Å². The first-order chi connectivity index (χ1) is 14.2. The first kappa shape index (κ1) is 17.6. The van der Waals surface area contributed by atoms with Crippen LogP contribution in [0, 0.1) is 5.82 Å². The smallest absolute Gasteiger partial charge is 0.275 e. The summed E-state index contributed by atoms with van der Waals surface area (Å²) in [6.07, 6.45) is 2.16. The van der Waals surface area contributed by atoms with Gasteiger partial charge in [-0.15, -0.1) is 16.4 Å². The van der Waals surface area contributed by atoms with Gasteiger partial charge in [0.25, 0.3) is 5.91 Å². The molecule has 0 bridgehead atoms. The lowest BCUT2D eigenvalue weighted by Gasteiger charge is -2.06. The molecule has 29 heavy (non-hydrogen) atoms. The van der Waals surface area contributed by atoms with Gasteiger partial charge >= 0.3 is 0 Å². The monoisotopic (exact) mass is 406 g/mol. The van der Waals surface area contributed by atoms with Crippen molar-refractivity contribution in [3.63, 3.8) is 0 Å². The average Bonchev–Trinajstić information content (AvgIpc) is 3.26. The third-order valence-electron chi connectivity index (χ3n) is 4.59. The van der Waals surface area contributed by atoms with Crippen molar-refractivity contribution in [2.24, 2.45) is 0 Å². The van der Waals surface area contributed by atoms with Gasteiger partial charge in [-0.2, -0.15) is 0 Å². The van der Waals surface area contributed by atoms with E-state index in [1.165, 1.54) is 23.5 Å². The number of carbonyl (C=O) groups is 1. The second-order valence-corrected chi connectivity index (χ2v) is 7.62. The van der Waals surface area contributed by atoms with Crippen LogP contribution < -0.4 is 5.32 Å². The fourth-order valence-corrected chi connectivity index (χ4v) is 3.79. The summed E-state index contributed by atoms with van der Waals surface area (Å²) in [6, 6.07) is 13.8. The van der Waals surface area contributed by atoms with E-state index in [2.05, 4.69) is 25.8 Å². The summed E-state index contributed by atoms with van der Waals surface area (Å²) in [6.45, 7) is 0. The molecule has 1 amide bonds. The highest BCUT2D eigenvalue weighted by molar-refractivity contribution is 7.13. The second-order valence-electron chi connectivity index (χ2n) is 6.76. The highest BCUT2D eigenvalue weighted by Gasteiger charge is 2.28. The molecule has 0 atom stereocenters. The molecule has 5 rings (SSSR count). The average molecular weight is 406 g/mol. The summed E-state index contributed by atoms with van der Waals surface area (Å²) in [4.78, 5) is 17.0. The molecule has 0 radical (unpaired) electrons. The third-order valence-corrected chi connectivity index (χ3v) is 5.48. The van der Waals surface area contributed by atoms with Gasteiger partial charge < -0.3 is 5.32 Å². The Balaban J connectivity index is 1.35. The molecule has 2 heterocycles. The van der Waals surface area contributed by atoms with Crippen LogP contribution >= 0.6 is 11.3 Å². The van der Waals surface area contributed by atoms with E-state index >= 15 is 0 Å². The van der Waals surface area contributed by atoms with Gasteiger partial charge in [0.1, 0.15) is 16.5 Å². The molecule has 144 valence electrons. The molecule has 9 heteroatoms. The number of amides is 1. The summed E-state index contributed by atoms with van der Waals surface area (Å²) in [5, 5.41) is 17.2. The Morgan fingerprint density at radius 2 is 1.97 bits per heavy atom. The fourth-order valence-electron chi connectivity index (χ4n) is 2.98. The van der Waals surface area contributed by atoms with E-state index in [0.717, 1.165) is 24.0 Å². The van der Waals surface area contributed by atoms with Crippen molar-refractivity contribution >= 4 is 22.9 Å². The number of carbonyl (C=O) groups excluding carboxylic acids is 1. The molecule has 0 aliphatic heterocycles. The van der Waals surface area contributed by atoms with Crippen LogP contribution in [0.2, 0.25) is 0 Å². The summed E-state index contributed by atoms with van der Waals surface area (Å²) in [7, 11) is 0. The van der Waals surface area contributed by atoms with Gasteiger partial charge in [0, 0.05) is 22.2 Å². The highest BCUT2D eigenvalue weighted by Crippen LogP contribution is 2.36. The van der Waals surface area contributed by atoms with Crippen molar-refractivity contribution < 1.29 is 9.18 Å². The van der Waals surface area contributed by atoms with Crippen LogP contribution in [-0.2, 0) is 0 Å². The first-order valence-corrected chi connectivity index (χ1v) is 9.96. The first-order valence-electron chi connectivity index (χ1n) is 9.08. The Bertz CT molecular complexity index is 1180. The number of nitrogens with one attached hydrogen (secondary N) is 1. The molecule has 1 N–H and O–H groups in total. The summed E-state index contributed by atoms with van der Waals surface area (Å²) < 4.78 is 14.9. The highest BCUT2D eigenvalue weighted by atomic mass is 32.1. The molecule has 1 aliphatic carbocycles. The van der Waals surface area contributed by atoms with Gasteiger partial charge in [-0.25, -0.2) is 14.1 Å². The zero-order valence-corrected chi connectivity index (χ0v) is 15.9. The zero-order chi connectivity index (χ0) is 19.8. The summed E-state index contributed by atoms with van der Waals surface area (Å²) >= 11 is 1.34. The number of hydrogen-bond acceptors (Lipinski definition) is 6. The van der Waals surface area contributed by atoms with Crippen LogP contribution in [0.4, 0.5) is 10.1 Å². The van der Waals surface area contributed by atoms with Gasteiger partial charge in [0.05, 0.1) is 6.04 Å². The Morgan fingerprint density at radius 3 is 2.76 bits per heavy atom. The SMILES string of the molecule is O=C(Nc1cccc(-c2nnnn2C2CC2)c1)c1csc(-c2ccc(F)cc2)n1. The minimum Gasteiger partial charge on any atom is -0.321 e. The lowest BCUT2D eigenvalue weighted by atomic mass is 10.2. The fraction of sp³-hybridized carbons (Fsp3) is 0.150. The van der Waals surface area contributed by atoms with Crippen molar-refractivity contribution in [2.45, 2.75) is 18.9 Å². The van der Waals surface area contributed by atoms with E-state index in [9.17, 15) is 9.18 Å². The van der Waals surface area contributed by atoms with Crippen molar-refractivity contribution in [1.82, 2.24) is 25.2 Å². The Kier molecular flexibility index (Phi) is 4.36. The number of tetrazole rings is 1. The number of hydrogen-bond donors (Lipinski definition) is 1. The van der Waals surface area contributed by atoms with Crippen molar-refractivity contribution in [1.29, 1.82) is 0 Å². The number of rotatable bonds is 5. The number of halogens is 1. The molecular formula is C20H15FN6OS. The molecule has 2 aromatic carbocycles.